The Balaban J connectivity index is 1.81. The number of carbonyl (C=O) groups is 1. The smallest absolute Gasteiger partial charge is 0.164 e. The summed E-state index contributed by atoms with van der Waals surface area (Å²) in [6.45, 7) is 1.40. The molecular weight excluding hydrogens is 263 g/mol. The third-order valence-corrected chi connectivity index (χ3v) is 3.44. The second-order valence-corrected chi connectivity index (χ2v) is 5.12. The van der Waals surface area contributed by atoms with Crippen molar-refractivity contribution in [2.45, 2.75) is 13.0 Å². The molecule has 0 saturated heterocycles. The molecule has 0 N–H and O–H groups in total. The summed E-state index contributed by atoms with van der Waals surface area (Å²) in [5, 5.41) is 2.00. The lowest BCUT2D eigenvalue weighted by Crippen LogP contribution is -2.21. The van der Waals surface area contributed by atoms with E-state index in [9.17, 15) is 9.18 Å². The third-order valence-electron chi connectivity index (χ3n) is 2.80. The number of carbonyl (C=O) groups excluding carboxylic acids is 1. The fourth-order valence-electron chi connectivity index (χ4n) is 1.74. The standard InChI is InChI=1S/C14H15FN2OS/c1-17(8-13-9-19-10-16-13)7-6-14(18)11-2-4-12(15)5-3-11/h2-5,9-10H,6-8H2,1H3. The predicted octanol–water partition coefficient (Wildman–Crippen LogP) is 2.99. The van der Waals surface area contributed by atoms with Gasteiger partial charge in [0.15, 0.2) is 5.78 Å². The summed E-state index contributed by atoms with van der Waals surface area (Å²) in [6, 6.07) is 5.68. The molecule has 100 valence electrons. The van der Waals surface area contributed by atoms with Gasteiger partial charge in [0.25, 0.3) is 0 Å². The lowest BCUT2D eigenvalue weighted by atomic mass is 10.1. The lowest BCUT2D eigenvalue weighted by Gasteiger charge is -2.14. The summed E-state index contributed by atoms with van der Waals surface area (Å²) in [5.41, 5.74) is 3.37. The topological polar surface area (TPSA) is 33.2 Å². The highest BCUT2D eigenvalue weighted by atomic mass is 32.1. The van der Waals surface area contributed by atoms with Gasteiger partial charge in [0, 0.05) is 30.5 Å². The molecule has 19 heavy (non-hydrogen) atoms. The molecule has 2 rings (SSSR count). The van der Waals surface area contributed by atoms with Crippen LogP contribution in [0.3, 0.4) is 0 Å². The summed E-state index contributed by atoms with van der Waals surface area (Å²) in [4.78, 5) is 18.2. The van der Waals surface area contributed by atoms with Crippen molar-refractivity contribution < 1.29 is 9.18 Å². The van der Waals surface area contributed by atoms with Gasteiger partial charge in [0.05, 0.1) is 11.2 Å². The Morgan fingerprint density at radius 1 is 1.37 bits per heavy atom. The van der Waals surface area contributed by atoms with E-state index in [1.807, 2.05) is 12.4 Å². The molecule has 0 radical (unpaired) electrons. The predicted molar refractivity (Wildman–Crippen MR) is 73.8 cm³/mol. The molecule has 3 nitrogen and oxygen atoms in total. The van der Waals surface area contributed by atoms with Gasteiger partial charge >= 0.3 is 0 Å². The summed E-state index contributed by atoms with van der Waals surface area (Å²) in [5.74, 6) is -0.290. The van der Waals surface area contributed by atoms with E-state index in [1.165, 1.54) is 24.3 Å². The molecule has 0 atom stereocenters. The molecule has 0 aliphatic rings. The van der Waals surface area contributed by atoms with Gasteiger partial charge in [-0.05, 0) is 31.3 Å². The molecule has 5 heteroatoms. The monoisotopic (exact) mass is 278 g/mol. The van der Waals surface area contributed by atoms with Crippen molar-refractivity contribution in [2.24, 2.45) is 0 Å². The molecule has 2 aromatic rings. The molecule has 0 spiro atoms. The van der Waals surface area contributed by atoms with Gasteiger partial charge in [-0.25, -0.2) is 9.37 Å². The number of ketones is 1. The number of Topliss-reactive ketones (excluding diaryl/α,β-unsaturated/α-hetero) is 1. The van der Waals surface area contributed by atoms with Gasteiger partial charge in [-0.3, -0.25) is 4.79 Å². The Morgan fingerprint density at radius 3 is 2.74 bits per heavy atom. The summed E-state index contributed by atoms with van der Waals surface area (Å²) in [6.07, 6.45) is 0.423. The maximum absolute atomic E-state index is 12.8. The Hall–Kier alpha value is -1.59. The van der Waals surface area contributed by atoms with Gasteiger partial charge < -0.3 is 4.90 Å². The van der Waals surface area contributed by atoms with E-state index in [0.29, 0.717) is 18.5 Å². The number of hydrogen-bond donors (Lipinski definition) is 0. The average Bonchev–Trinajstić information content (AvgIpc) is 2.89. The second kappa shape index (κ2) is 6.54. The van der Waals surface area contributed by atoms with Crippen LogP contribution in [-0.2, 0) is 6.54 Å². The number of nitrogens with zero attached hydrogens (tertiary/aromatic N) is 2. The highest BCUT2D eigenvalue weighted by Gasteiger charge is 2.08. The number of halogens is 1. The van der Waals surface area contributed by atoms with Crippen LogP contribution in [0.4, 0.5) is 4.39 Å². The maximum Gasteiger partial charge on any atom is 0.164 e. The largest absolute Gasteiger partial charge is 0.300 e. The van der Waals surface area contributed by atoms with Crippen LogP contribution in [0.15, 0.2) is 35.2 Å². The van der Waals surface area contributed by atoms with Crippen LogP contribution in [0.5, 0.6) is 0 Å². The van der Waals surface area contributed by atoms with Gasteiger partial charge in [0.1, 0.15) is 5.82 Å². The van der Waals surface area contributed by atoms with Crippen LogP contribution in [0.25, 0.3) is 0 Å². The minimum Gasteiger partial charge on any atom is -0.300 e. The molecule has 1 aromatic heterocycles. The normalized spacial score (nSPS) is 10.9. The maximum atomic E-state index is 12.8. The highest BCUT2D eigenvalue weighted by Crippen LogP contribution is 2.08. The zero-order valence-electron chi connectivity index (χ0n) is 10.7. The van der Waals surface area contributed by atoms with Crippen molar-refractivity contribution in [3.63, 3.8) is 0 Å². The van der Waals surface area contributed by atoms with Crippen molar-refractivity contribution in [1.82, 2.24) is 9.88 Å². The van der Waals surface area contributed by atoms with Crippen LogP contribution in [0.2, 0.25) is 0 Å². The first-order chi connectivity index (χ1) is 9.15. The molecule has 1 aromatic carbocycles. The van der Waals surface area contributed by atoms with Crippen LogP contribution in [0.1, 0.15) is 22.5 Å². The molecule has 1 heterocycles. The highest BCUT2D eigenvalue weighted by molar-refractivity contribution is 7.07. The lowest BCUT2D eigenvalue weighted by molar-refractivity contribution is 0.0967. The zero-order valence-corrected chi connectivity index (χ0v) is 11.5. The van der Waals surface area contributed by atoms with E-state index in [-0.39, 0.29) is 11.6 Å². The second-order valence-electron chi connectivity index (χ2n) is 4.40. The van der Waals surface area contributed by atoms with E-state index in [0.717, 1.165) is 12.2 Å². The summed E-state index contributed by atoms with van der Waals surface area (Å²) < 4.78 is 12.8. The average molecular weight is 278 g/mol. The molecule has 0 aliphatic carbocycles. The minimum absolute atomic E-state index is 0.0325. The SMILES string of the molecule is CN(CCC(=O)c1ccc(F)cc1)Cc1cscn1. The Morgan fingerprint density at radius 2 is 2.11 bits per heavy atom. The van der Waals surface area contributed by atoms with Crippen molar-refractivity contribution in [1.29, 1.82) is 0 Å². The minimum atomic E-state index is -0.322. The van der Waals surface area contributed by atoms with Crippen LogP contribution in [0, 0.1) is 5.82 Å². The summed E-state index contributed by atoms with van der Waals surface area (Å²) >= 11 is 1.56. The van der Waals surface area contributed by atoms with Crippen LogP contribution in [-0.4, -0.2) is 29.3 Å². The molecule has 0 fully saturated rings. The Kier molecular flexibility index (Phi) is 4.76. The first-order valence-corrected chi connectivity index (χ1v) is 6.94. The van der Waals surface area contributed by atoms with E-state index < -0.39 is 0 Å². The molecule has 0 unspecified atom stereocenters. The Bertz CT molecular complexity index is 525. The molecule has 0 saturated carbocycles. The van der Waals surface area contributed by atoms with Gasteiger partial charge in [-0.2, -0.15) is 0 Å². The summed E-state index contributed by atoms with van der Waals surface area (Å²) in [7, 11) is 1.96. The number of aromatic nitrogens is 1. The van der Waals surface area contributed by atoms with Gasteiger partial charge in [-0.15, -0.1) is 11.3 Å². The van der Waals surface area contributed by atoms with Crippen molar-refractivity contribution >= 4 is 17.1 Å². The van der Waals surface area contributed by atoms with Crippen LogP contribution < -0.4 is 0 Å². The Labute approximate surface area is 115 Å². The van der Waals surface area contributed by atoms with Crippen molar-refractivity contribution in [2.75, 3.05) is 13.6 Å². The first-order valence-electron chi connectivity index (χ1n) is 5.99. The van der Waals surface area contributed by atoms with Crippen molar-refractivity contribution in [3.8, 4) is 0 Å². The molecule has 0 aliphatic heterocycles. The third kappa shape index (κ3) is 4.22. The van der Waals surface area contributed by atoms with E-state index in [4.69, 9.17) is 0 Å². The molecule has 0 bridgehead atoms. The fourth-order valence-corrected chi connectivity index (χ4v) is 2.29. The van der Waals surface area contributed by atoms with E-state index in [1.54, 1.807) is 16.8 Å². The fraction of sp³-hybridized carbons (Fsp3) is 0.286. The first kappa shape index (κ1) is 13.8. The molecular formula is C14H15FN2OS. The van der Waals surface area contributed by atoms with Crippen LogP contribution >= 0.6 is 11.3 Å². The van der Waals surface area contributed by atoms with Crippen molar-refractivity contribution in [3.05, 3.63) is 52.2 Å². The number of rotatable bonds is 6. The quantitative estimate of drug-likeness (QED) is 0.762. The van der Waals surface area contributed by atoms with Gasteiger partial charge in [0.2, 0.25) is 0 Å². The van der Waals surface area contributed by atoms with E-state index in [2.05, 4.69) is 9.88 Å². The number of hydrogen-bond acceptors (Lipinski definition) is 4. The zero-order chi connectivity index (χ0) is 13.7. The van der Waals surface area contributed by atoms with E-state index >= 15 is 0 Å². The number of benzene rings is 1. The van der Waals surface area contributed by atoms with Gasteiger partial charge in [-0.1, -0.05) is 0 Å². The number of thiazole rings is 1. The molecule has 0 amide bonds.